The number of amides is 1. The molecule has 0 saturated heterocycles. The first-order valence-electron chi connectivity index (χ1n) is 8.68. The van der Waals surface area contributed by atoms with E-state index in [9.17, 15) is 18.0 Å². The summed E-state index contributed by atoms with van der Waals surface area (Å²) in [4.78, 5) is 12.2. The van der Waals surface area contributed by atoms with Crippen LogP contribution < -0.4 is 10.6 Å². The van der Waals surface area contributed by atoms with Crippen LogP contribution in [0, 0.1) is 6.92 Å². The van der Waals surface area contributed by atoms with Crippen LogP contribution in [0.15, 0.2) is 24.3 Å². The topological polar surface area (TPSA) is 59.0 Å². The number of hydrogen-bond acceptors (Lipinski definition) is 3. The van der Waals surface area contributed by atoms with Gasteiger partial charge >= 0.3 is 6.18 Å². The van der Waals surface area contributed by atoms with Crippen molar-refractivity contribution in [1.29, 1.82) is 0 Å². The van der Waals surface area contributed by atoms with Gasteiger partial charge < -0.3 is 10.6 Å². The molecule has 1 aromatic heterocycles. The van der Waals surface area contributed by atoms with Gasteiger partial charge in [-0.05, 0) is 18.9 Å². The molecule has 1 amide bonds. The summed E-state index contributed by atoms with van der Waals surface area (Å²) in [5.74, 6) is -0.573. The molecule has 146 valence electrons. The molecular weight excluding hydrogens is 381 g/mol. The zero-order valence-corrected chi connectivity index (χ0v) is 15.7. The van der Waals surface area contributed by atoms with E-state index >= 15 is 0 Å². The van der Waals surface area contributed by atoms with Gasteiger partial charge in [-0.3, -0.25) is 4.79 Å². The monoisotopic (exact) mass is 400 g/mol. The van der Waals surface area contributed by atoms with Gasteiger partial charge in [-0.25, -0.2) is 4.68 Å². The summed E-state index contributed by atoms with van der Waals surface area (Å²) >= 11 is 6.24. The zero-order chi connectivity index (χ0) is 19.8. The van der Waals surface area contributed by atoms with E-state index in [1.54, 1.807) is 12.1 Å². The van der Waals surface area contributed by atoms with Crippen molar-refractivity contribution in [3.63, 3.8) is 0 Å². The lowest BCUT2D eigenvalue weighted by atomic mass is 9.96. The molecule has 1 aliphatic rings. The maximum atomic E-state index is 13.7. The molecule has 2 aromatic rings. The Morgan fingerprint density at radius 2 is 2.04 bits per heavy atom. The minimum absolute atomic E-state index is 0.0115. The van der Waals surface area contributed by atoms with Crippen LogP contribution in [0.2, 0.25) is 5.02 Å². The molecule has 1 aliphatic heterocycles. The third-order valence-corrected chi connectivity index (χ3v) is 4.88. The van der Waals surface area contributed by atoms with Gasteiger partial charge in [0.15, 0.2) is 11.7 Å². The van der Waals surface area contributed by atoms with E-state index in [0.717, 1.165) is 15.8 Å². The Kier molecular flexibility index (Phi) is 5.37. The van der Waals surface area contributed by atoms with E-state index in [2.05, 4.69) is 15.7 Å². The summed E-state index contributed by atoms with van der Waals surface area (Å²) in [6.07, 6.45) is -4.07. The Balaban J connectivity index is 2.01. The largest absolute Gasteiger partial charge is 0.410 e. The third-order valence-electron chi connectivity index (χ3n) is 4.53. The van der Waals surface area contributed by atoms with Gasteiger partial charge in [0.25, 0.3) is 5.91 Å². The van der Waals surface area contributed by atoms with Crippen molar-refractivity contribution in [2.24, 2.45) is 0 Å². The summed E-state index contributed by atoms with van der Waals surface area (Å²) in [6, 6.07) is 4.80. The number of halogens is 4. The van der Waals surface area contributed by atoms with Gasteiger partial charge in [0, 0.05) is 13.0 Å². The van der Waals surface area contributed by atoms with Crippen molar-refractivity contribution in [1.82, 2.24) is 15.1 Å². The Bertz CT molecular complexity index is 832. The van der Waals surface area contributed by atoms with E-state index in [1.165, 1.54) is 0 Å². The van der Waals surface area contributed by atoms with Crippen molar-refractivity contribution < 1.29 is 18.0 Å². The molecule has 0 unspecified atom stereocenters. The molecular formula is C18H20ClF3N4O. The fourth-order valence-electron chi connectivity index (χ4n) is 3.07. The highest BCUT2D eigenvalue weighted by atomic mass is 35.5. The maximum absolute atomic E-state index is 13.7. The van der Waals surface area contributed by atoms with Gasteiger partial charge in [0.05, 0.1) is 6.04 Å². The number of aryl methyl sites for hydroxylation is 1. The first kappa shape index (κ1) is 19.5. The van der Waals surface area contributed by atoms with Crippen LogP contribution in [-0.4, -0.2) is 28.4 Å². The lowest BCUT2D eigenvalue weighted by Crippen LogP contribution is -2.36. The second-order valence-electron chi connectivity index (χ2n) is 6.61. The summed E-state index contributed by atoms with van der Waals surface area (Å²) in [7, 11) is 0. The standard InChI is InChI=1S/C18H20ClF3N4O/c1-3-8-23-17(27)15-14(19)16-24-12(11-6-4-10(2)5-7-11)9-13(18(20,21)22)26(16)25-15/h4-7,12-13,24H,3,8-9H2,1-2H3,(H,23,27)/t12-,13+/m1/s1. The normalized spacial score (nSPS) is 19.3. The molecule has 2 heterocycles. The summed E-state index contributed by atoms with van der Waals surface area (Å²) in [5.41, 5.74) is 1.53. The van der Waals surface area contributed by atoms with E-state index in [1.807, 2.05) is 26.0 Å². The van der Waals surface area contributed by atoms with E-state index < -0.39 is 24.2 Å². The van der Waals surface area contributed by atoms with Gasteiger partial charge in [0.1, 0.15) is 10.8 Å². The Morgan fingerprint density at radius 3 is 2.63 bits per heavy atom. The number of nitrogens with one attached hydrogen (secondary N) is 2. The summed E-state index contributed by atoms with van der Waals surface area (Å²) < 4.78 is 41.8. The molecule has 0 aliphatic carbocycles. The van der Waals surface area contributed by atoms with Gasteiger partial charge in [-0.2, -0.15) is 18.3 Å². The van der Waals surface area contributed by atoms with Gasteiger partial charge in [0.2, 0.25) is 0 Å². The highest BCUT2D eigenvalue weighted by Gasteiger charge is 2.47. The van der Waals surface area contributed by atoms with Crippen LogP contribution in [0.5, 0.6) is 0 Å². The second kappa shape index (κ2) is 7.42. The zero-order valence-electron chi connectivity index (χ0n) is 14.9. The van der Waals surface area contributed by atoms with Crippen LogP contribution >= 0.6 is 11.6 Å². The van der Waals surface area contributed by atoms with E-state index in [0.29, 0.717) is 13.0 Å². The lowest BCUT2D eigenvalue weighted by molar-refractivity contribution is -0.173. The number of rotatable bonds is 4. The third kappa shape index (κ3) is 3.90. The predicted molar refractivity (Wildman–Crippen MR) is 97.1 cm³/mol. The average Bonchev–Trinajstić information content (AvgIpc) is 2.95. The van der Waals surface area contributed by atoms with Crippen molar-refractivity contribution in [3.05, 3.63) is 46.1 Å². The van der Waals surface area contributed by atoms with Crippen molar-refractivity contribution >= 4 is 23.3 Å². The van der Waals surface area contributed by atoms with Crippen LogP contribution in [-0.2, 0) is 0 Å². The first-order valence-corrected chi connectivity index (χ1v) is 9.06. The quantitative estimate of drug-likeness (QED) is 0.785. The van der Waals surface area contributed by atoms with Crippen molar-refractivity contribution in [3.8, 4) is 0 Å². The fourth-order valence-corrected chi connectivity index (χ4v) is 3.34. The molecule has 0 spiro atoms. The van der Waals surface area contributed by atoms with Gasteiger partial charge in [-0.1, -0.05) is 48.4 Å². The first-order chi connectivity index (χ1) is 12.7. The summed E-state index contributed by atoms with van der Waals surface area (Å²) in [6.45, 7) is 4.16. The molecule has 5 nitrogen and oxygen atoms in total. The lowest BCUT2D eigenvalue weighted by Gasteiger charge is -2.33. The predicted octanol–water partition coefficient (Wildman–Crippen LogP) is 4.65. The number of fused-ring (bicyclic) bond motifs is 1. The van der Waals surface area contributed by atoms with Crippen molar-refractivity contribution in [2.45, 2.75) is 44.9 Å². The molecule has 1 aromatic carbocycles. The second-order valence-corrected chi connectivity index (χ2v) is 6.99. The van der Waals surface area contributed by atoms with Crippen LogP contribution in [0.1, 0.15) is 53.5 Å². The van der Waals surface area contributed by atoms with Crippen LogP contribution in [0.3, 0.4) is 0 Å². The van der Waals surface area contributed by atoms with Gasteiger partial charge in [-0.15, -0.1) is 0 Å². The minimum atomic E-state index is -4.52. The molecule has 3 rings (SSSR count). The highest BCUT2D eigenvalue weighted by molar-refractivity contribution is 6.36. The van der Waals surface area contributed by atoms with Crippen molar-refractivity contribution in [2.75, 3.05) is 11.9 Å². The number of hydrogen-bond donors (Lipinski definition) is 2. The molecule has 27 heavy (non-hydrogen) atoms. The maximum Gasteiger partial charge on any atom is 0.410 e. The molecule has 0 saturated carbocycles. The number of carbonyl (C=O) groups is 1. The molecule has 0 radical (unpaired) electrons. The molecule has 2 N–H and O–H groups in total. The molecule has 0 bridgehead atoms. The molecule has 2 atom stereocenters. The van der Waals surface area contributed by atoms with Crippen LogP contribution in [0.4, 0.5) is 19.0 Å². The summed E-state index contributed by atoms with van der Waals surface area (Å²) in [5, 5.41) is 9.40. The number of anilines is 1. The highest BCUT2D eigenvalue weighted by Crippen LogP contribution is 2.46. The molecule has 9 heteroatoms. The number of carbonyl (C=O) groups excluding carboxylic acids is 1. The minimum Gasteiger partial charge on any atom is -0.362 e. The number of aromatic nitrogens is 2. The number of alkyl halides is 3. The Labute approximate surface area is 159 Å². The van der Waals surface area contributed by atoms with Crippen LogP contribution in [0.25, 0.3) is 0 Å². The van der Waals surface area contributed by atoms with E-state index in [4.69, 9.17) is 11.6 Å². The molecule has 0 fully saturated rings. The fraction of sp³-hybridized carbons (Fsp3) is 0.444. The number of benzene rings is 1. The average molecular weight is 401 g/mol. The SMILES string of the molecule is CCCNC(=O)c1nn2c(c1Cl)N[C@@H](c1ccc(C)cc1)C[C@H]2C(F)(F)F. The Hall–Kier alpha value is -2.22. The van der Waals surface area contributed by atoms with E-state index in [-0.39, 0.29) is 23.0 Å². The number of nitrogens with zero attached hydrogens (tertiary/aromatic N) is 2. The Morgan fingerprint density at radius 1 is 1.37 bits per heavy atom. The smallest absolute Gasteiger partial charge is 0.362 e.